The number of halogens is 4. The Bertz CT molecular complexity index is 4940. The molecule has 9 aromatic carbocycles. The Kier molecular flexibility index (Phi) is 42.3. The zero-order valence-electron chi connectivity index (χ0n) is 83.3. The number of phenols is 1. The highest BCUT2D eigenvalue weighted by atomic mass is 32.2. The van der Waals surface area contributed by atoms with Crippen LogP contribution in [0.1, 0.15) is 309 Å². The molecule has 0 amide bonds. The van der Waals surface area contributed by atoms with Crippen molar-refractivity contribution in [2.45, 2.75) is 338 Å². The number of rotatable bonds is 35. The summed E-state index contributed by atoms with van der Waals surface area (Å²) in [5.41, 5.74) is 6.59. The summed E-state index contributed by atoms with van der Waals surface area (Å²) in [6, 6.07) is 63.8. The van der Waals surface area contributed by atoms with Crippen molar-refractivity contribution in [3.8, 4) is 51.7 Å². The molecule has 4 bridgehead atoms. The van der Waals surface area contributed by atoms with E-state index in [2.05, 4.69) is 192 Å². The van der Waals surface area contributed by atoms with Crippen LogP contribution in [-0.4, -0.2) is 89.8 Å². The molecule has 1 saturated heterocycles. The predicted molar refractivity (Wildman–Crippen MR) is 532 cm³/mol. The second-order valence-corrected chi connectivity index (χ2v) is 42.1. The van der Waals surface area contributed by atoms with Gasteiger partial charge in [0.1, 0.15) is 61.0 Å². The molecule has 6 saturated carbocycles. The first-order valence-corrected chi connectivity index (χ1v) is 52.2. The summed E-state index contributed by atoms with van der Waals surface area (Å²) in [6.07, 6.45) is 29.2. The first-order chi connectivity index (χ1) is 64.7. The van der Waals surface area contributed by atoms with Crippen LogP contribution in [0.25, 0.3) is 0 Å². The molecule has 0 aromatic heterocycles. The largest absolute Gasteiger partial charge is 0.744 e. The third-order valence-corrected chi connectivity index (χ3v) is 31.3. The molecule has 738 valence electrons. The molecule has 9 atom stereocenters. The minimum absolute atomic E-state index is 0.0194. The van der Waals surface area contributed by atoms with Crippen molar-refractivity contribution in [3.63, 3.8) is 0 Å². The maximum atomic E-state index is 13.9. The van der Waals surface area contributed by atoms with Gasteiger partial charge >= 0.3 is 0 Å². The molecule has 15 nitrogen and oxygen atoms in total. The molecule has 16 rings (SSSR count). The van der Waals surface area contributed by atoms with Crippen LogP contribution in [0.5, 0.6) is 51.7 Å². The third-order valence-electron chi connectivity index (χ3n) is 28.2. The average molecular weight is 1900 g/mol. The Morgan fingerprint density at radius 2 is 0.830 bits per heavy atom. The van der Waals surface area contributed by atoms with Gasteiger partial charge in [0.15, 0.2) is 32.6 Å². The van der Waals surface area contributed by atoms with Crippen LogP contribution in [0, 0.1) is 57.8 Å². The van der Waals surface area contributed by atoms with Gasteiger partial charge in [0.25, 0.3) is 0 Å². The fourth-order valence-electron chi connectivity index (χ4n) is 19.4. The van der Waals surface area contributed by atoms with Gasteiger partial charge in [0.2, 0.25) is 30.0 Å². The molecule has 6 aliphatic carbocycles. The summed E-state index contributed by atoms with van der Waals surface area (Å²) in [4.78, 5) is 1.32. The number of methoxy groups -OCH3 is 3. The van der Waals surface area contributed by atoms with Gasteiger partial charge in [-0.2, -0.15) is 8.78 Å². The van der Waals surface area contributed by atoms with Gasteiger partial charge in [0.05, 0.1) is 57.1 Å². The number of aromatic hydroxyl groups is 1. The van der Waals surface area contributed by atoms with Gasteiger partial charge in [-0.3, -0.25) is 0 Å². The number of hydrogen-bond acceptors (Lipinski definition) is 15. The van der Waals surface area contributed by atoms with Crippen LogP contribution in [-0.2, 0) is 40.0 Å². The second kappa shape index (κ2) is 52.8. The first kappa shape index (κ1) is 108. The van der Waals surface area contributed by atoms with Crippen LogP contribution < -0.4 is 33.2 Å². The van der Waals surface area contributed by atoms with E-state index in [1.807, 2.05) is 69.3 Å². The smallest absolute Gasteiger partial charge is 0.205 e. The van der Waals surface area contributed by atoms with Crippen molar-refractivity contribution in [2.75, 3.05) is 34.5 Å². The fraction of sp³-hybridized carbons (Fsp3) is 0.526. The molecule has 1 N–H and O–H groups in total. The molecule has 7 aliphatic rings. The lowest BCUT2D eigenvalue weighted by Crippen LogP contribution is -2.54. The van der Waals surface area contributed by atoms with Crippen molar-refractivity contribution in [1.29, 1.82) is 0 Å². The van der Waals surface area contributed by atoms with E-state index in [1.54, 1.807) is 45.6 Å². The SMILES string of the molecule is CCC(C)c1ccc(O)cc1.CCC(C)c1ccc(OC(C)OC2CCCCC2)cc1.CCC(C)c1ccc(OC(OC(C)C)C23CC4CC(CC(C4)C2)C3)cc1.CCC(C)c1ccc(OC(OCC2CCCO2)C(C)(C)C2CCCCC2)cc1.CCC(C)c1ccc(Oc2c(F)c(F)c(S(=O)(=O)[O-])c(F)c2F)cc1.COc1cccc([S+](c2cccc(OC)c2)c2cccc(OC)c2)c1. The average Bonchev–Trinajstić information content (AvgIpc) is 0.762. The van der Waals surface area contributed by atoms with Gasteiger partial charge in [-0.1, -0.05) is 200 Å². The molecule has 1 aliphatic heterocycles. The Balaban J connectivity index is 0.000000170. The maximum absolute atomic E-state index is 13.9. The van der Waals surface area contributed by atoms with Crippen molar-refractivity contribution >= 4 is 21.0 Å². The summed E-state index contributed by atoms with van der Waals surface area (Å²) in [5, 5.41) is 9.01. The molecule has 1 heterocycles. The minimum Gasteiger partial charge on any atom is -0.744 e. The van der Waals surface area contributed by atoms with Crippen LogP contribution in [0.4, 0.5) is 17.6 Å². The lowest BCUT2D eigenvalue weighted by atomic mass is 9.49. The van der Waals surface area contributed by atoms with E-state index < -0.39 is 44.0 Å². The van der Waals surface area contributed by atoms with E-state index in [-0.39, 0.29) is 64.5 Å². The Labute approximate surface area is 807 Å². The third kappa shape index (κ3) is 31.4. The van der Waals surface area contributed by atoms with Crippen LogP contribution in [0.15, 0.2) is 214 Å². The molecule has 7 fully saturated rings. The standard InChI is InChI=1S/C25H40O3.C24H36O2.C21H21O3S.C18H28O2.C16H14F4O4S.C10H14O/c1-5-19(2)20-13-15-22(16-14-20)28-24(27-18-23-12-9-17-26-23)25(3,4)21-10-7-6-8-11-21;1-5-17(4)21-6-8-22(9-7-21)26-23(25-16(2)3)24-13-18-10-19(14-24)12-20(11-18)15-24;1-22-16-7-4-10-19(13-16)25(20-11-5-8-17(14-20)23-2)21-12-6-9-18(15-21)24-3;1-4-14(2)16-10-12-18(13-11-16)20-15(3)19-17-8-6-5-7-9-17;1-3-8(2)9-4-6-10(7-5-9)24-15-11(17)13(19)16(25(21,22)23)14(20)12(15)18;1-3-8(2)9-4-6-10(11)7-5-9/h13-16,19,21,23-24H,5-12,17-18H2,1-4H3;6-9,16-20,23H,5,10-15H2,1-4H3;4-15H,1-3H3;10-15,17H,4-9H2,1-3H3;4-8H,3H2,1-2H3,(H,21,22,23);4-8,11H,3H2,1-2H3/q;;+1;;;/p-1. The summed E-state index contributed by atoms with van der Waals surface area (Å²) >= 11 is 0. The minimum atomic E-state index is -5.75. The molecular formula is C114H152F4O15S2. The van der Waals surface area contributed by atoms with Crippen LogP contribution in [0.2, 0.25) is 0 Å². The lowest BCUT2D eigenvalue weighted by Gasteiger charge is -2.58. The summed E-state index contributed by atoms with van der Waals surface area (Å²) in [5.74, 6) is 1.19. The zero-order valence-corrected chi connectivity index (χ0v) is 84.9. The Morgan fingerprint density at radius 1 is 0.459 bits per heavy atom. The monoisotopic (exact) mass is 1900 g/mol. The van der Waals surface area contributed by atoms with E-state index in [1.165, 1.54) is 165 Å². The summed E-state index contributed by atoms with van der Waals surface area (Å²) in [7, 11) is -0.976. The van der Waals surface area contributed by atoms with Crippen molar-refractivity contribution in [1.82, 2.24) is 0 Å². The predicted octanol–water partition coefficient (Wildman–Crippen LogP) is 30.7. The van der Waals surface area contributed by atoms with E-state index in [4.69, 9.17) is 57.2 Å². The van der Waals surface area contributed by atoms with Crippen molar-refractivity contribution in [3.05, 3.63) is 245 Å². The lowest BCUT2D eigenvalue weighted by molar-refractivity contribution is -0.227. The Hall–Kier alpha value is -8.80. The zero-order chi connectivity index (χ0) is 97.5. The summed E-state index contributed by atoms with van der Waals surface area (Å²) in [6.45, 7) is 34.2. The van der Waals surface area contributed by atoms with E-state index in [9.17, 15) is 30.5 Å². The van der Waals surface area contributed by atoms with Crippen LogP contribution >= 0.6 is 0 Å². The number of ether oxygens (including phenoxy) is 11. The van der Waals surface area contributed by atoms with E-state index in [0.29, 0.717) is 48.0 Å². The van der Waals surface area contributed by atoms with E-state index in [0.717, 1.165) is 96.5 Å². The number of phenolic OH excluding ortho intramolecular Hbond substituents is 1. The molecule has 0 spiro atoms. The highest BCUT2D eigenvalue weighted by Gasteiger charge is 2.56. The fourth-order valence-corrected chi connectivity index (χ4v) is 22.2. The Morgan fingerprint density at radius 3 is 1.19 bits per heavy atom. The van der Waals surface area contributed by atoms with Gasteiger partial charge in [-0.05, 0) is 308 Å². The van der Waals surface area contributed by atoms with Crippen molar-refractivity contribution in [2.24, 2.45) is 34.5 Å². The molecule has 0 radical (unpaired) electrons. The molecule has 9 unspecified atom stereocenters. The van der Waals surface area contributed by atoms with Gasteiger partial charge in [-0.15, -0.1) is 0 Å². The van der Waals surface area contributed by atoms with Gasteiger partial charge < -0.3 is 61.8 Å². The highest BCUT2D eigenvalue weighted by molar-refractivity contribution is 7.97. The topological polar surface area (TPSA) is 179 Å². The maximum Gasteiger partial charge on any atom is 0.205 e. The number of benzene rings is 9. The van der Waals surface area contributed by atoms with Crippen LogP contribution in [0.3, 0.4) is 0 Å². The second-order valence-electron chi connectivity index (χ2n) is 38.8. The molecule has 135 heavy (non-hydrogen) atoms. The molecular weight excluding hydrogens is 1750 g/mol. The summed E-state index contributed by atoms with van der Waals surface area (Å²) < 4.78 is 152. The van der Waals surface area contributed by atoms with Gasteiger partial charge in [-0.25, -0.2) is 17.2 Å². The van der Waals surface area contributed by atoms with E-state index >= 15 is 0 Å². The quantitative estimate of drug-likeness (QED) is 0.0130. The molecule has 9 aromatic rings. The first-order valence-electron chi connectivity index (χ1n) is 49.6. The normalized spacial score (nSPS) is 19.9. The molecule has 21 heteroatoms. The van der Waals surface area contributed by atoms with Gasteiger partial charge in [0, 0.05) is 35.6 Å². The highest BCUT2D eigenvalue weighted by Crippen LogP contribution is 2.62. The number of hydrogen-bond donors (Lipinski definition) is 1. The van der Waals surface area contributed by atoms with Crippen molar-refractivity contribution < 1.29 is 87.7 Å².